The quantitative estimate of drug-likeness (QED) is 0.882. The maximum absolute atomic E-state index is 12.6. The van der Waals surface area contributed by atoms with E-state index in [1.54, 1.807) is 16.3 Å². The predicted molar refractivity (Wildman–Crippen MR) is 83.4 cm³/mol. The van der Waals surface area contributed by atoms with Gasteiger partial charge in [0.2, 0.25) is 10.1 Å². The molecule has 3 rings (SSSR count). The van der Waals surface area contributed by atoms with E-state index < -0.39 is 23.2 Å². The SMILES string of the molecule is O=C(O)[C@@H](c1ccsc1)N1CCN(c2nnc(C(F)(F)F)s2)CC1. The van der Waals surface area contributed by atoms with Crippen molar-refractivity contribution in [2.45, 2.75) is 12.2 Å². The summed E-state index contributed by atoms with van der Waals surface area (Å²) in [6.45, 7) is 1.66. The number of carboxylic acids is 1. The van der Waals surface area contributed by atoms with Gasteiger partial charge in [0.25, 0.3) is 0 Å². The van der Waals surface area contributed by atoms with Crippen LogP contribution in [0.3, 0.4) is 0 Å². The number of hydrogen-bond donors (Lipinski definition) is 1. The smallest absolute Gasteiger partial charge is 0.445 e. The van der Waals surface area contributed by atoms with Crippen molar-refractivity contribution in [3.63, 3.8) is 0 Å². The normalized spacial score (nSPS) is 17.9. The minimum Gasteiger partial charge on any atom is -0.480 e. The van der Waals surface area contributed by atoms with Gasteiger partial charge in [-0.05, 0) is 22.4 Å². The van der Waals surface area contributed by atoms with Crippen molar-refractivity contribution in [1.29, 1.82) is 0 Å². The van der Waals surface area contributed by atoms with Gasteiger partial charge >= 0.3 is 12.1 Å². The van der Waals surface area contributed by atoms with Gasteiger partial charge < -0.3 is 10.0 Å². The molecule has 0 aromatic carbocycles. The van der Waals surface area contributed by atoms with E-state index in [-0.39, 0.29) is 5.13 Å². The molecule has 1 aliphatic rings. The third kappa shape index (κ3) is 3.52. The Balaban J connectivity index is 1.67. The average Bonchev–Trinajstić information content (AvgIpc) is 3.18. The molecule has 2 aromatic heterocycles. The molecule has 0 saturated carbocycles. The number of aliphatic carboxylic acids is 1. The molecule has 0 spiro atoms. The first-order chi connectivity index (χ1) is 11.4. The maximum atomic E-state index is 12.6. The van der Waals surface area contributed by atoms with Crippen LogP contribution >= 0.6 is 22.7 Å². The molecule has 1 fully saturated rings. The molecule has 0 unspecified atom stereocenters. The molecule has 1 atom stereocenters. The second-order valence-corrected chi connectivity index (χ2v) is 6.94. The molecular formula is C13H13F3N4O2S2. The number of nitrogens with zero attached hydrogens (tertiary/aromatic N) is 4. The van der Waals surface area contributed by atoms with Crippen LogP contribution in [0.25, 0.3) is 0 Å². The van der Waals surface area contributed by atoms with E-state index in [1.165, 1.54) is 11.3 Å². The van der Waals surface area contributed by atoms with Gasteiger partial charge in [-0.2, -0.15) is 24.5 Å². The molecule has 1 aliphatic heterocycles. The highest BCUT2D eigenvalue weighted by molar-refractivity contribution is 7.15. The van der Waals surface area contributed by atoms with Crippen molar-refractivity contribution in [1.82, 2.24) is 15.1 Å². The van der Waals surface area contributed by atoms with Gasteiger partial charge in [0.15, 0.2) is 0 Å². The van der Waals surface area contributed by atoms with E-state index in [9.17, 15) is 23.1 Å². The molecule has 24 heavy (non-hydrogen) atoms. The molecule has 0 aliphatic carbocycles. The van der Waals surface area contributed by atoms with Crippen LogP contribution in [-0.2, 0) is 11.0 Å². The summed E-state index contributed by atoms with van der Waals surface area (Å²) >= 11 is 1.93. The van der Waals surface area contributed by atoms with Gasteiger partial charge in [0.1, 0.15) is 6.04 Å². The summed E-state index contributed by atoms with van der Waals surface area (Å²) in [6.07, 6.45) is -4.49. The Morgan fingerprint density at radius 2 is 1.96 bits per heavy atom. The second-order valence-electron chi connectivity index (χ2n) is 5.21. The molecule has 130 valence electrons. The Bertz CT molecular complexity index is 696. The monoisotopic (exact) mass is 378 g/mol. The fourth-order valence-electron chi connectivity index (χ4n) is 2.57. The highest BCUT2D eigenvalue weighted by atomic mass is 32.1. The Labute approximate surface area is 143 Å². The van der Waals surface area contributed by atoms with Crippen LogP contribution < -0.4 is 4.90 Å². The topological polar surface area (TPSA) is 69.6 Å². The molecule has 2 aromatic rings. The summed E-state index contributed by atoms with van der Waals surface area (Å²) in [7, 11) is 0. The summed E-state index contributed by atoms with van der Waals surface area (Å²) in [5, 5.41) is 19.1. The zero-order valence-electron chi connectivity index (χ0n) is 12.2. The minimum atomic E-state index is -4.49. The Morgan fingerprint density at radius 1 is 1.25 bits per heavy atom. The van der Waals surface area contributed by atoms with Crippen molar-refractivity contribution in [3.8, 4) is 0 Å². The van der Waals surface area contributed by atoms with Crippen LogP contribution in [0.1, 0.15) is 16.6 Å². The number of hydrogen-bond acceptors (Lipinski definition) is 7. The molecule has 0 radical (unpaired) electrons. The number of aromatic nitrogens is 2. The van der Waals surface area contributed by atoms with Gasteiger partial charge in [-0.3, -0.25) is 9.69 Å². The van der Waals surface area contributed by atoms with Crippen LogP contribution in [0, 0.1) is 0 Å². The highest BCUT2D eigenvalue weighted by Crippen LogP contribution is 2.35. The number of rotatable bonds is 4. The number of piperazine rings is 1. The van der Waals surface area contributed by atoms with Crippen LogP contribution in [0.2, 0.25) is 0 Å². The minimum absolute atomic E-state index is 0.212. The van der Waals surface area contributed by atoms with Crippen molar-refractivity contribution < 1.29 is 23.1 Å². The standard InChI is InChI=1S/C13H13F3N4O2S2/c14-13(15,16)11-17-18-12(24-11)20-4-2-19(3-5-20)9(10(21)22)8-1-6-23-7-8/h1,6-7,9H,2-5H2,(H,21,22)/t9-/m1/s1. The van der Waals surface area contributed by atoms with Crippen LogP contribution in [0.4, 0.5) is 18.3 Å². The third-order valence-electron chi connectivity index (χ3n) is 3.70. The van der Waals surface area contributed by atoms with Crippen molar-refractivity contribution in [2.75, 3.05) is 31.1 Å². The van der Waals surface area contributed by atoms with E-state index in [0.29, 0.717) is 37.5 Å². The van der Waals surface area contributed by atoms with E-state index in [0.717, 1.165) is 5.56 Å². The molecular weight excluding hydrogens is 365 g/mol. The largest absolute Gasteiger partial charge is 0.480 e. The lowest BCUT2D eigenvalue weighted by Gasteiger charge is -2.37. The second kappa shape index (κ2) is 6.65. The molecule has 1 saturated heterocycles. The van der Waals surface area contributed by atoms with Gasteiger partial charge in [-0.15, -0.1) is 10.2 Å². The lowest BCUT2D eigenvalue weighted by molar-refractivity contribution is -0.143. The zero-order chi connectivity index (χ0) is 17.3. The number of alkyl halides is 3. The molecule has 1 N–H and O–H groups in total. The van der Waals surface area contributed by atoms with Crippen LogP contribution in [0.15, 0.2) is 16.8 Å². The summed E-state index contributed by atoms with van der Waals surface area (Å²) in [5.74, 6) is -0.933. The summed E-state index contributed by atoms with van der Waals surface area (Å²) in [5.41, 5.74) is 0.719. The van der Waals surface area contributed by atoms with Crippen molar-refractivity contribution >= 4 is 33.8 Å². The summed E-state index contributed by atoms with van der Waals surface area (Å²) < 4.78 is 37.8. The van der Waals surface area contributed by atoms with E-state index in [4.69, 9.17) is 0 Å². The van der Waals surface area contributed by atoms with Crippen molar-refractivity contribution in [3.05, 3.63) is 27.4 Å². The van der Waals surface area contributed by atoms with Gasteiger partial charge in [0.05, 0.1) is 0 Å². The number of anilines is 1. The number of carboxylic acid groups (broad SMARTS) is 1. The van der Waals surface area contributed by atoms with E-state index in [2.05, 4.69) is 10.2 Å². The fourth-order valence-corrected chi connectivity index (χ4v) is 4.01. The lowest BCUT2D eigenvalue weighted by Crippen LogP contribution is -2.49. The first-order valence-corrected chi connectivity index (χ1v) is 8.77. The Morgan fingerprint density at radius 3 is 2.46 bits per heavy atom. The van der Waals surface area contributed by atoms with E-state index >= 15 is 0 Å². The highest BCUT2D eigenvalue weighted by Gasteiger charge is 2.37. The zero-order valence-corrected chi connectivity index (χ0v) is 13.9. The molecule has 0 bridgehead atoms. The van der Waals surface area contributed by atoms with E-state index in [1.807, 2.05) is 10.3 Å². The lowest BCUT2D eigenvalue weighted by atomic mass is 10.1. The van der Waals surface area contributed by atoms with Crippen molar-refractivity contribution in [2.24, 2.45) is 0 Å². The van der Waals surface area contributed by atoms with Crippen LogP contribution in [-0.4, -0.2) is 52.4 Å². The Hall–Kier alpha value is -1.72. The first-order valence-electron chi connectivity index (χ1n) is 7.01. The number of thiophene rings is 1. The molecule has 11 heteroatoms. The maximum Gasteiger partial charge on any atom is 0.445 e. The Kier molecular flexibility index (Phi) is 4.74. The summed E-state index contributed by atoms with van der Waals surface area (Å²) in [4.78, 5) is 15.1. The van der Waals surface area contributed by atoms with Gasteiger partial charge in [-0.1, -0.05) is 11.3 Å². The summed E-state index contributed by atoms with van der Waals surface area (Å²) in [6, 6.07) is 1.04. The number of carbonyl (C=O) groups is 1. The van der Waals surface area contributed by atoms with Crippen LogP contribution in [0.5, 0.6) is 0 Å². The predicted octanol–water partition coefficient (Wildman–Crippen LogP) is 2.57. The third-order valence-corrected chi connectivity index (χ3v) is 5.43. The fraction of sp³-hybridized carbons (Fsp3) is 0.462. The first kappa shape index (κ1) is 17.1. The average molecular weight is 378 g/mol. The molecule has 3 heterocycles. The molecule has 0 amide bonds. The van der Waals surface area contributed by atoms with Gasteiger partial charge in [-0.25, -0.2) is 0 Å². The van der Waals surface area contributed by atoms with Gasteiger partial charge in [0, 0.05) is 26.2 Å². The molecule has 6 nitrogen and oxygen atoms in total. The number of halogens is 3.